The lowest BCUT2D eigenvalue weighted by Gasteiger charge is -1.96. The van der Waals surface area contributed by atoms with Gasteiger partial charge in [0.15, 0.2) is 0 Å². The third-order valence-corrected chi connectivity index (χ3v) is 2.56. The fraction of sp³-hybridized carbons (Fsp3) is 0.0909. The predicted molar refractivity (Wildman–Crippen MR) is 59.9 cm³/mol. The average Bonchev–Trinajstić information content (AvgIpc) is 2.78. The van der Waals surface area contributed by atoms with Gasteiger partial charge in [0.05, 0.1) is 11.0 Å². The predicted octanol–water partition coefficient (Wildman–Crippen LogP) is 0.774. The van der Waals surface area contributed by atoms with Crippen molar-refractivity contribution in [2.75, 3.05) is 0 Å². The van der Waals surface area contributed by atoms with E-state index in [0.29, 0.717) is 0 Å². The molecule has 0 radical (unpaired) electrons. The molecule has 5 heteroatoms. The topological polar surface area (TPSA) is 65.3 Å². The molecule has 5 nitrogen and oxygen atoms in total. The van der Waals surface area contributed by atoms with Crippen LogP contribution in [-0.2, 0) is 11.3 Å². The highest BCUT2D eigenvalue weighted by molar-refractivity contribution is 5.80. The summed E-state index contributed by atoms with van der Waals surface area (Å²) in [7, 11) is 0. The number of aromatic nitrogens is 3. The Kier molecular flexibility index (Phi) is 1.73. The Morgan fingerprint density at radius 3 is 2.94 bits per heavy atom. The summed E-state index contributed by atoms with van der Waals surface area (Å²) < 4.78 is 3.68. The fourth-order valence-electron chi connectivity index (χ4n) is 1.89. The molecule has 0 aliphatic rings. The minimum Gasteiger partial charge on any atom is -0.368 e. The van der Waals surface area contributed by atoms with Crippen molar-refractivity contribution in [2.24, 2.45) is 5.73 Å². The quantitative estimate of drug-likeness (QED) is 0.684. The maximum atomic E-state index is 10.9. The van der Waals surface area contributed by atoms with E-state index in [1.165, 1.54) is 0 Å². The van der Waals surface area contributed by atoms with E-state index < -0.39 is 0 Å². The van der Waals surface area contributed by atoms with Gasteiger partial charge in [-0.3, -0.25) is 9.20 Å². The van der Waals surface area contributed by atoms with Gasteiger partial charge < -0.3 is 10.3 Å². The molecule has 0 fully saturated rings. The Bertz CT molecular complexity index is 679. The second-order valence-electron chi connectivity index (χ2n) is 3.66. The zero-order valence-electron chi connectivity index (χ0n) is 8.50. The second kappa shape index (κ2) is 3.10. The van der Waals surface area contributed by atoms with Gasteiger partial charge in [-0.05, 0) is 12.1 Å². The molecule has 80 valence electrons. The van der Waals surface area contributed by atoms with Gasteiger partial charge in [0.1, 0.15) is 6.54 Å². The maximum absolute atomic E-state index is 10.9. The highest BCUT2D eigenvalue weighted by atomic mass is 16.1. The van der Waals surface area contributed by atoms with Crippen molar-refractivity contribution in [2.45, 2.75) is 6.54 Å². The number of nitrogens with two attached hydrogens (primary N) is 1. The van der Waals surface area contributed by atoms with Crippen LogP contribution in [0, 0.1) is 0 Å². The standard InChI is InChI=1S/C11H10N4O/c12-10(16)7-14-5-6-15-9-4-2-1-3-8(9)13-11(14)15/h1-6H,7H2,(H2,12,16). The molecule has 0 atom stereocenters. The van der Waals surface area contributed by atoms with Crippen LogP contribution in [0.3, 0.4) is 0 Å². The number of para-hydroxylation sites is 2. The SMILES string of the molecule is NC(=O)Cn1ccn2c3ccccc3nc12. The van der Waals surface area contributed by atoms with Crippen LogP contribution in [0.4, 0.5) is 0 Å². The first-order chi connectivity index (χ1) is 7.75. The zero-order chi connectivity index (χ0) is 11.1. The minimum absolute atomic E-state index is 0.153. The molecule has 2 heterocycles. The number of nitrogens with zero attached hydrogens (tertiary/aromatic N) is 3. The monoisotopic (exact) mass is 214 g/mol. The van der Waals surface area contributed by atoms with E-state index in [4.69, 9.17) is 5.73 Å². The first-order valence-electron chi connectivity index (χ1n) is 4.96. The number of hydrogen-bond acceptors (Lipinski definition) is 2. The van der Waals surface area contributed by atoms with Crippen LogP contribution in [0.1, 0.15) is 0 Å². The van der Waals surface area contributed by atoms with E-state index in [-0.39, 0.29) is 12.5 Å². The molecule has 2 N–H and O–H groups in total. The molecule has 0 aliphatic carbocycles. The van der Waals surface area contributed by atoms with E-state index in [0.717, 1.165) is 16.8 Å². The van der Waals surface area contributed by atoms with Crippen molar-refractivity contribution in [3.05, 3.63) is 36.7 Å². The van der Waals surface area contributed by atoms with Gasteiger partial charge >= 0.3 is 0 Å². The number of carbonyl (C=O) groups excluding carboxylic acids is 1. The van der Waals surface area contributed by atoms with Crippen molar-refractivity contribution >= 4 is 22.7 Å². The van der Waals surface area contributed by atoms with Gasteiger partial charge in [0, 0.05) is 12.4 Å². The molecule has 0 saturated carbocycles. The Labute approximate surface area is 91.1 Å². The number of imidazole rings is 2. The van der Waals surface area contributed by atoms with Gasteiger partial charge in [-0.1, -0.05) is 12.1 Å². The summed E-state index contributed by atoms with van der Waals surface area (Å²) in [5.74, 6) is 0.366. The van der Waals surface area contributed by atoms with Crippen LogP contribution in [0.5, 0.6) is 0 Å². The molecule has 0 spiro atoms. The third kappa shape index (κ3) is 1.18. The zero-order valence-corrected chi connectivity index (χ0v) is 8.50. The van der Waals surface area contributed by atoms with E-state index in [1.54, 1.807) is 10.8 Å². The largest absolute Gasteiger partial charge is 0.368 e. The smallest absolute Gasteiger partial charge is 0.237 e. The molecular formula is C11H10N4O. The lowest BCUT2D eigenvalue weighted by atomic mass is 10.3. The number of primary amides is 1. The number of carbonyl (C=O) groups is 1. The van der Waals surface area contributed by atoms with E-state index in [1.807, 2.05) is 34.9 Å². The molecule has 2 aromatic heterocycles. The minimum atomic E-state index is -0.370. The summed E-state index contributed by atoms with van der Waals surface area (Å²) in [6.45, 7) is 0.153. The molecule has 0 bridgehead atoms. The summed E-state index contributed by atoms with van der Waals surface area (Å²) in [4.78, 5) is 15.3. The summed E-state index contributed by atoms with van der Waals surface area (Å²) in [6, 6.07) is 7.83. The molecule has 1 amide bonds. The highest BCUT2D eigenvalue weighted by Crippen LogP contribution is 2.16. The Morgan fingerprint density at radius 2 is 2.12 bits per heavy atom. The molecule has 0 unspecified atom stereocenters. The van der Waals surface area contributed by atoms with Crippen LogP contribution < -0.4 is 5.73 Å². The van der Waals surface area contributed by atoms with Crippen LogP contribution >= 0.6 is 0 Å². The third-order valence-electron chi connectivity index (χ3n) is 2.56. The normalized spacial score (nSPS) is 11.2. The first kappa shape index (κ1) is 8.96. The van der Waals surface area contributed by atoms with E-state index in [2.05, 4.69) is 4.98 Å². The average molecular weight is 214 g/mol. The van der Waals surface area contributed by atoms with Gasteiger partial charge in [0.2, 0.25) is 11.7 Å². The second-order valence-corrected chi connectivity index (χ2v) is 3.66. The van der Waals surface area contributed by atoms with Crippen LogP contribution in [0.2, 0.25) is 0 Å². The number of rotatable bonds is 2. The number of fused-ring (bicyclic) bond motifs is 3. The summed E-state index contributed by atoms with van der Waals surface area (Å²) in [5, 5.41) is 0. The number of amides is 1. The molecule has 1 aromatic carbocycles. The van der Waals surface area contributed by atoms with Crippen LogP contribution in [-0.4, -0.2) is 19.9 Å². The maximum Gasteiger partial charge on any atom is 0.237 e. The van der Waals surface area contributed by atoms with Crippen molar-refractivity contribution in [1.82, 2.24) is 14.0 Å². The van der Waals surface area contributed by atoms with Gasteiger partial charge in [0.25, 0.3) is 0 Å². The molecular weight excluding hydrogens is 204 g/mol. The van der Waals surface area contributed by atoms with Gasteiger partial charge in [-0.15, -0.1) is 0 Å². The summed E-state index contributed by atoms with van der Waals surface area (Å²) >= 11 is 0. The van der Waals surface area contributed by atoms with Crippen molar-refractivity contribution < 1.29 is 4.79 Å². The van der Waals surface area contributed by atoms with Crippen molar-refractivity contribution in [3.8, 4) is 0 Å². The molecule has 0 saturated heterocycles. The van der Waals surface area contributed by atoms with Gasteiger partial charge in [-0.25, -0.2) is 4.98 Å². The molecule has 3 aromatic rings. The Morgan fingerprint density at radius 1 is 1.31 bits per heavy atom. The summed E-state index contributed by atoms with van der Waals surface area (Å²) in [6.07, 6.45) is 3.69. The van der Waals surface area contributed by atoms with Crippen LogP contribution in [0.25, 0.3) is 16.8 Å². The summed E-state index contributed by atoms with van der Waals surface area (Å²) in [5.41, 5.74) is 7.11. The van der Waals surface area contributed by atoms with Crippen molar-refractivity contribution in [1.29, 1.82) is 0 Å². The Balaban J connectivity index is 2.29. The fourth-order valence-corrected chi connectivity index (χ4v) is 1.89. The van der Waals surface area contributed by atoms with Crippen LogP contribution in [0.15, 0.2) is 36.7 Å². The lowest BCUT2D eigenvalue weighted by Crippen LogP contribution is -2.18. The van der Waals surface area contributed by atoms with E-state index >= 15 is 0 Å². The lowest BCUT2D eigenvalue weighted by molar-refractivity contribution is -0.118. The van der Waals surface area contributed by atoms with Crippen molar-refractivity contribution in [3.63, 3.8) is 0 Å². The number of benzene rings is 1. The number of hydrogen-bond donors (Lipinski definition) is 1. The Hall–Kier alpha value is -2.30. The molecule has 3 rings (SSSR count). The molecule has 16 heavy (non-hydrogen) atoms. The first-order valence-corrected chi connectivity index (χ1v) is 4.96. The van der Waals surface area contributed by atoms with E-state index in [9.17, 15) is 4.79 Å². The highest BCUT2D eigenvalue weighted by Gasteiger charge is 2.08. The molecule has 0 aliphatic heterocycles. The van der Waals surface area contributed by atoms with Gasteiger partial charge in [-0.2, -0.15) is 0 Å².